The average molecular weight is 494 g/mol. The van der Waals surface area contributed by atoms with Crippen LogP contribution >= 0.6 is 11.6 Å². The van der Waals surface area contributed by atoms with Crippen LogP contribution < -0.4 is 15.4 Å². The number of rotatable bonds is 9. The Morgan fingerprint density at radius 1 is 1.35 bits per heavy atom. The lowest BCUT2D eigenvalue weighted by molar-refractivity contribution is -0.138. The van der Waals surface area contributed by atoms with Crippen molar-refractivity contribution in [2.45, 2.75) is 26.9 Å². The summed E-state index contributed by atoms with van der Waals surface area (Å²) in [5, 5.41) is 11.1. The number of carbonyl (C=O) groups is 1. The summed E-state index contributed by atoms with van der Waals surface area (Å²) in [5.41, 5.74) is 6.39. The summed E-state index contributed by atoms with van der Waals surface area (Å²) in [4.78, 5) is 27.4. The maximum atomic E-state index is 14.1. The molecule has 0 bridgehead atoms. The van der Waals surface area contributed by atoms with Gasteiger partial charge in [0.1, 0.15) is 23.3 Å². The Bertz CT molecular complexity index is 1100. The number of nitrogens with zero attached hydrogens (tertiary/aromatic N) is 4. The maximum absolute atomic E-state index is 14.1. The molecule has 0 saturated carbocycles. The summed E-state index contributed by atoms with van der Waals surface area (Å²) in [5.74, 6) is -1.33. The molecule has 3 N–H and O–H groups in total. The molecule has 1 aromatic heterocycles. The number of hydrogen-bond acceptors (Lipinski definition) is 9. The minimum atomic E-state index is -1.51. The number of esters is 1. The minimum absolute atomic E-state index is 0.0334. The van der Waals surface area contributed by atoms with Crippen LogP contribution in [0.1, 0.15) is 32.4 Å². The van der Waals surface area contributed by atoms with Crippen molar-refractivity contribution in [1.29, 1.82) is 0 Å². The second-order valence-corrected chi connectivity index (χ2v) is 8.14. The number of hydrogen-bond donors (Lipinski definition) is 2. The lowest BCUT2D eigenvalue weighted by atomic mass is 9.90. The molecule has 184 valence electrons. The van der Waals surface area contributed by atoms with E-state index in [4.69, 9.17) is 26.8 Å². The van der Waals surface area contributed by atoms with Gasteiger partial charge in [0.25, 0.3) is 0 Å². The van der Waals surface area contributed by atoms with E-state index in [1.807, 2.05) is 0 Å². The molecule has 0 fully saturated rings. The third kappa shape index (κ3) is 6.21. The second-order valence-electron chi connectivity index (χ2n) is 7.73. The lowest BCUT2D eigenvalue weighted by Gasteiger charge is -2.22. The van der Waals surface area contributed by atoms with Crippen molar-refractivity contribution in [1.82, 2.24) is 9.97 Å². The predicted molar refractivity (Wildman–Crippen MR) is 129 cm³/mol. The number of aliphatic hydroxyl groups excluding tert-OH is 1. The summed E-state index contributed by atoms with van der Waals surface area (Å²) in [7, 11) is 4.99. The zero-order chi connectivity index (χ0) is 25.6. The lowest BCUT2D eigenvalue weighted by Crippen LogP contribution is -2.27. The van der Waals surface area contributed by atoms with Gasteiger partial charge in [-0.05, 0) is 30.5 Å². The van der Waals surface area contributed by atoms with Crippen LogP contribution in [0.5, 0.6) is 5.88 Å². The van der Waals surface area contributed by atoms with E-state index in [1.165, 1.54) is 25.4 Å². The number of anilines is 1. The highest BCUT2D eigenvalue weighted by Crippen LogP contribution is 2.33. The largest absolute Gasteiger partial charge is 0.479 e. The van der Waals surface area contributed by atoms with E-state index in [9.17, 15) is 14.3 Å². The van der Waals surface area contributed by atoms with E-state index in [2.05, 4.69) is 15.0 Å². The zero-order valence-corrected chi connectivity index (χ0v) is 20.7. The third-order valence-corrected chi connectivity index (χ3v) is 5.00. The van der Waals surface area contributed by atoms with Crippen LogP contribution in [0.25, 0.3) is 0 Å². The number of aromatic nitrogens is 2. The highest BCUT2D eigenvalue weighted by molar-refractivity contribution is 6.30. The van der Waals surface area contributed by atoms with Gasteiger partial charge in [-0.25, -0.2) is 19.2 Å². The summed E-state index contributed by atoms with van der Waals surface area (Å²) in [6.07, 6.45) is -0.0546. The van der Waals surface area contributed by atoms with E-state index < -0.39 is 17.9 Å². The third-order valence-electron chi connectivity index (χ3n) is 4.70. The second kappa shape index (κ2) is 11.8. The normalized spacial score (nSPS) is 13.4. The van der Waals surface area contributed by atoms with Gasteiger partial charge in [-0.1, -0.05) is 31.5 Å². The Morgan fingerprint density at radius 2 is 2.03 bits per heavy atom. The zero-order valence-electron chi connectivity index (χ0n) is 20.0. The molecule has 2 rings (SSSR count). The van der Waals surface area contributed by atoms with Crippen molar-refractivity contribution in [2.24, 2.45) is 16.6 Å². The number of aliphatic imine (C=N–C) groups is 1. The van der Waals surface area contributed by atoms with Crippen LogP contribution in [-0.2, 0) is 9.53 Å². The van der Waals surface area contributed by atoms with Gasteiger partial charge in [0, 0.05) is 19.7 Å². The van der Waals surface area contributed by atoms with Crippen LogP contribution in [0, 0.1) is 11.7 Å². The Kier molecular flexibility index (Phi) is 9.34. The molecule has 0 spiro atoms. The summed E-state index contributed by atoms with van der Waals surface area (Å²) in [6.45, 7) is 5.30. The van der Waals surface area contributed by atoms with Gasteiger partial charge in [0.2, 0.25) is 11.8 Å². The smallest absolute Gasteiger partial charge is 0.354 e. The fourth-order valence-electron chi connectivity index (χ4n) is 3.02. The van der Waals surface area contributed by atoms with Gasteiger partial charge >= 0.3 is 5.97 Å². The fourth-order valence-corrected chi connectivity index (χ4v) is 3.13. The first-order chi connectivity index (χ1) is 16.0. The van der Waals surface area contributed by atoms with Crippen LogP contribution in [0.15, 0.2) is 40.7 Å². The Labute approximate surface area is 203 Å². The van der Waals surface area contributed by atoms with Crippen molar-refractivity contribution in [3.63, 3.8) is 0 Å². The van der Waals surface area contributed by atoms with E-state index in [0.717, 1.165) is 6.07 Å². The van der Waals surface area contributed by atoms with Crippen molar-refractivity contribution in [2.75, 3.05) is 32.7 Å². The first-order valence-corrected chi connectivity index (χ1v) is 10.9. The quantitative estimate of drug-likeness (QED) is 0.308. The molecule has 2 aromatic rings. The summed E-state index contributed by atoms with van der Waals surface area (Å²) >= 11 is 5.79. The molecule has 0 amide bonds. The molecule has 0 saturated heterocycles. The molecule has 1 heterocycles. The number of methoxy groups -OCH3 is 1. The molecule has 11 heteroatoms. The van der Waals surface area contributed by atoms with Crippen molar-refractivity contribution >= 4 is 34.9 Å². The number of benzene rings is 1. The van der Waals surface area contributed by atoms with Gasteiger partial charge in [-0.2, -0.15) is 4.98 Å². The Morgan fingerprint density at radius 3 is 2.56 bits per heavy atom. The standard InChI is InChI=1S/C23H29ClFN5O4/c1-7-34-22(32)18(26)17(20(31)13-8-9-14(24)15(25)10-13)19(12(2)3)28-16-11-27-23(30(4)5)29-21(16)33-6/h8-12,20,31H,7,26H2,1-6H3. The summed E-state index contributed by atoms with van der Waals surface area (Å²) in [6, 6.07) is 3.80. The van der Waals surface area contributed by atoms with Crippen molar-refractivity contribution in [3.8, 4) is 5.88 Å². The van der Waals surface area contributed by atoms with Gasteiger partial charge < -0.3 is 25.2 Å². The monoisotopic (exact) mass is 493 g/mol. The van der Waals surface area contributed by atoms with Gasteiger partial charge in [0.15, 0.2) is 0 Å². The minimum Gasteiger partial charge on any atom is -0.479 e. The van der Waals surface area contributed by atoms with Gasteiger partial charge in [-0.15, -0.1) is 0 Å². The van der Waals surface area contributed by atoms with Gasteiger partial charge in [0.05, 0.1) is 30.6 Å². The average Bonchev–Trinajstić information content (AvgIpc) is 2.80. The van der Waals surface area contributed by atoms with E-state index in [-0.39, 0.29) is 51.7 Å². The number of carbonyl (C=O) groups excluding carboxylic acids is 1. The highest BCUT2D eigenvalue weighted by atomic mass is 35.5. The fraction of sp³-hybridized carbons (Fsp3) is 0.391. The molecule has 0 aliphatic heterocycles. The van der Waals surface area contributed by atoms with Crippen molar-refractivity contribution in [3.05, 3.63) is 52.1 Å². The van der Waals surface area contributed by atoms with Crippen LogP contribution in [0.3, 0.4) is 0 Å². The Hall–Kier alpha value is -3.24. The molecule has 9 nitrogen and oxygen atoms in total. The van der Waals surface area contributed by atoms with Crippen LogP contribution in [0.4, 0.5) is 16.0 Å². The maximum Gasteiger partial charge on any atom is 0.354 e. The van der Waals surface area contributed by atoms with Crippen LogP contribution in [0.2, 0.25) is 5.02 Å². The molecule has 0 aliphatic rings. The van der Waals surface area contributed by atoms with Crippen molar-refractivity contribution < 1.29 is 23.8 Å². The van der Waals surface area contributed by atoms with Crippen LogP contribution in [-0.4, -0.2) is 54.6 Å². The first-order valence-electron chi connectivity index (χ1n) is 10.5. The van der Waals surface area contributed by atoms with E-state index >= 15 is 0 Å². The predicted octanol–water partition coefficient (Wildman–Crippen LogP) is 3.58. The number of aliphatic hydroxyl groups is 1. The molecular formula is C23H29ClFN5O4. The molecule has 1 atom stereocenters. The molecule has 1 aromatic carbocycles. The Balaban J connectivity index is 2.77. The number of ether oxygens (including phenoxy) is 2. The van der Waals surface area contributed by atoms with E-state index in [1.54, 1.807) is 39.8 Å². The molecule has 34 heavy (non-hydrogen) atoms. The molecule has 0 radical (unpaired) electrons. The van der Waals surface area contributed by atoms with E-state index in [0.29, 0.717) is 5.95 Å². The summed E-state index contributed by atoms with van der Waals surface area (Å²) < 4.78 is 24.6. The SMILES string of the molecule is CCOC(=O)C(N)=C(C(=Nc1cnc(N(C)C)nc1OC)C(C)C)C(O)c1ccc(Cl)c(F)c1. The molecule has 0 aliphatic carbocycles. The highest BCUT2D eigenvalue weighted by Gasteiger charge is 2.28. The molecule has 1 unspecified atom stereocenters. The number of nitrogens with two attached hydrogens (primary N) is 1. The van der Waals surface area contributed by atoms with Gasteiger partial charge in [-0.3, -0.25) is 0 Å². The first kappa shape index (κ1) is 27.0. The number of halogens is 2. The molecular weight excluding hydrogens is 465 g/mol. The topological polar surface area (TPSA) is 123 Å².